The molecule has 106 valence electrons. The largest absolute Gasteiger partial charge is 0.380 e. The monoisotopic (exact) mass is 293 g/mol. The van der Waals surface area contributed by atoms with Crippen LogP contribution < -0.4 is 11.1 Å². The van der Waals surface area contributed by atoms with Crippen molar-refractivity contribution in [1.29, 1.82) is 0 Å². The van der Waals surface area contributed by atoms with Crippen molar-refractivity contribution in [1.82, 2.24) is 4.98 Å². The van der Waals surface area contributed by atoms with Gasteiger partial charge in [0, 0.05) is 27.9 Å². The summed E-state index contributed by atoms with van der Waals surface area (Å²) < 4.78 is 13.7. The van der Waals surface area contributed by atoms with E-state index in [-0.39, 0.29) is 5.56 Å². The smallest absolute Gasteiger partial charge is 0.248 e. The number of aromatic nitrogens is 1. The van der Waals surface area contributed by atoms with Crippen LogP contribution in [0.2, 0.25) is 0 Å². The number of nitrogens with zero attached hydrogens (tertiary/aromatic N) is 1. The molecule has 0 saturated carbocycles. The van der Waals surface area contributed by atoms with Gasteiger partial charge in [-0.2, -0.15) is 0 Å². The number of carbonyl (C=O) groups excluding carboxylic acids is 1. The van der Waals surface area contributed by atoms with Crippen LogP contribution in [0, 0.1) is 12.7 Å². The number of hydrogen-bond donors (Lipinski definition) is 2. The summed E-state index contributed by atoms with van der Waals surface area (Å²) in [5.74, 6) is -1.08. The van der Waals surface area contributed by atoms with E-state index in [2.05, 4.69) is 10.3 Å². The molecule has 1 amide bonds. The number of anilines is 1. The molecule has 4 nitrogen and oxygen atoms in total. The Kier molecular flexibility index (Phi) is 4.34. The lowest BCUT2D eigenvalue weighted by atomic mass is 10.1. The standard InChI is InChI=1S/C14H16FN3OS/c1-3-13-18-7-10(20-13)6-17-12-5-9(14(16)19)4-11(15)8(12)2/h4-5,7,17H,3,6H2,1-2H3,(H2,16,19). The molecule has 0 aliphatic rings. The third kappa shape index (κ3) is 3.14. The van der Waals surface area contributed by atoms with Gasteiger partial charge in [-0.15, -0.1) is 11.3 Å². The van der Waals surface area contributed by atoms with E-state index >= 15 is 0 Å². The van der Waals surface area contributed by atoms with Crippen LogP contribution in [0.4, 0.5) is 10.1 Å². The molecule has 1 heterocycles. The summed E-state index contributed by atoms with van der Waals surface area (Å²) in [6.07, 6.45) is 2.70. The Morgan fingerprint density at radius 2 is 2.25 bits per heavy atom. The first kappa shape index (κ1) is 14.5. The van der Waals surface area contributed by atoms with E-state index in [1.807, 2.05) is 6.92 Å². The van der Waals surface area contributed by atoms with Crippen LogP contribution in [0.5, 0.6) is 0 Å². The van der Waals surface area contributed by atoms with Crippen LogP contribution >= 0.6 is 11.3 Å². The first-order valence-electron chi connectivity index (χ1n) is 6.28. The van der Waals surface area contributed by atoms with E-state index in [1.54, 1.807) is 30.5 Å². The van der Waals surface area contributed by atoms with Crippen molar-refractivity contribution in [3.05, 3.63) is 45.2 Å². The Balaban J connectivity index is 2.18. The number of nitrogens with one attached hydrogen (secondary N) is 1. The molecule has 1 aromatic carbocycles. The van der Waals surface area contributed by atoms with Gasteiger partial charge in [-0.25, -0.2) is 9.37 Å². The van der Waals surface area contributed by atoms with Gasteiger partial charge in [-0.3, -0.25) is 4.79 Å². The number of thiazole rings is 1. The molecule has 0 aliphatic carbocycles. The lowest BCUT2D eigenvalue weighted by molar-refractivity contribution is 0.1000. The molecule has 2 rings (SSSR count). The van der Waals surface area contributed by atoms with E-state index in [4.69, 9.17) is 5.73 Å². The van der Waals surface area contributed by atoms with Gasteiger partial charge in [0.15, 0.2) is 0 Å². The molecule has 0 radical (unpaired) electrons. The summed E-state index contributed by atoms with van der Waals surface area (Å²) in [5, 5.41) is 4.19. The second-order valence-electron chi connectivity index (χ2n) is 4.42. The van der Waals surface area contributed by atoms with Crippen LogP contribution in [0.25, 0.3) is 0 Å². The number of carbonyl (C=O) groups is 1. The van der Waals surface area contributed by atoms with Crippen molar-refractivity contribution >= 4 is 22.9 Å². The molecule has 2 aromatic rings. The SMILES string of the molecule is CCc1ncc(CNc2cc(C(N)=O)cc(F)c2C)s1. The Bertz CT molecular complexity index is 639. The number of benzene rings is 1. The molecule has 0 atom stereocenters. The molecule has 1 aromatic heterocycles. The summed E-state index contributed by atoms with van der Waals surface area (Å²) in [5.41, 5.74) is 6.39. The molecule has 0 aliphatic heterocycles. The zero-order valence-corrected chi connectivity index (χ0v) is 12.2. The van der Waals surface area contributed by atoms with Crippen molar-refractivity contribution < 1.29 is 9.18 Å². The molecule has 0 unspecified atom stereocenters. The van der Waals surface area contributed by atoms with E-state index in [9.17, 15) is 9.18 Å². The van der Waals surface area contributed by atoms with Gasteiger partial charge in [0.05, 0.1) is 11.6 Å². The van der Waals surface area contributed by atoms with Gasteiger partial charge in [0.1, 0.15) is 5.82 Å². The Morgan fingerprint density at radius 3 is 2.85 bits per heavy atom. The summed E-state index contributed by atoms with van der Waals surface area (Å²) in [7, 11) is 0. The molecule has 3 N–H and O–H groups in total. The van der Waals surface area contributed by atoms with Crippen LogP contribution in [0.15, 0.2) is 18.3 Å². The van der Waals surface area contributed by atoms with Gasteiger partial charge < -0.3 is 11.1 Å². The van der Waals surface area contributed by atoms with Gasteiger partial charge in [-0.05, 0) is 25.5 Å². The van der Waals surface area contributed by atoms with E-state index in [0.717, 1.165) is 22.4 Å². The van der Waals surface area contributed by atoms with Crippen LogP contribution in [0.3, 0.4) is 0 Å². The molecule has 0 fully saturated rings. The lowest BCUT2D eigenvalue weighted by Gasteiger charge is -2.10. The van der Waals surface area contributed by atoms with Crippen LogP contribution in [0.1, 0.15) is 32.7 Å². The number of rotatable bonds is 5. The highest BCUT2D eigenvalue weighted by atomic mass is 32.1. The normalized spacial score (nSPS) is 10.6. The number of amides is 1. The van der Waals surface area contributed by atoms with Gasteiger partial charge in [0.2, 0.25) is 5.91 Å². The first-order valence-corrected chi connectivity index (χ1v) is 7.10. The third-order valence-electron chi connectivity index (χ3n) is 2.99. The van der Waals surface area contributed by atoms with E-state index in [0.29, 0.717) is 17.8 Å². The highest BCUT2D eigenvalue weighted by Crippen LogP contribution is 2.22. The first-order chi connectivity index (χ1) is 9.51. The quantitative estimate of drug-likeness (QED) is 0.890. The molecule has 6 heteroatoms. The maximum atomic E-state index is 13.7. The molecule has 0 spiro atoms. The number of halogens is 1. The molecule has 20 heavy (non-hydrogen) atoms. The summed E-state index contributed by atoms with van der Waals surface area (Å²) >= 11 is 1.61. The molecule has 0 saturated heterocycles. The van der Waals surface area contributed by atoms with Gasteiger partial charge in [0.25, 0.3) is 0 Å². The molecular formula is C14H16FN3OS. The van der Waals surface area contributed by atoms with Gasteiger partial charge >= 0.3 is 0 Å². The number of primary amides is 1. The highest BCUT2D eigenvalue weighted by Gasteiger charge is 2.10. The minimum absolute atomic E-state index is 0.161. The van der Waals surface area contributed by atoms with Crippen LogP contribution in [-0.2, 0) is 13.0 Å². The predicted molar refractivity (Wildman–Crippen MR) is 78.5 cm³/mol. The fourth-order valence-electron chi connectivity index (χ4n) is 1.78. The maximum Gasteiger partial charge on any atom is 0.248 e. The number of nitrogens with two attached hydrogens (primary N) is 1. The molecular weight excluding hydrogens is 277 g/mol. The van der Waals surface area contributed by atoms with E-state index in [1.165, 1.54) is 0 Å². The van der Waals surface area contributed by atoms with Gasteiger partial charge in [-0.1, -0.05) is 6.92 Å². The summed E-state index contributed by atoms with van der Waals surface area (Å²) in [6.45, 7) is 4.25. The lowest BCUT2D eigenvalue weighted by Crippen LogP contribution is -2.13. The van der Waals surface area contributed by atoms with Crippen molar-refractivity contribution in [3.8, 4) is 0 Å². The Hall–Kier alpha value is -1.95. The average molecular weight is 293 g/mol. The summed E-state index contributed by atoms with van der Waals surface area (Å²) in [4.78, 5) is 16.5. The van der Waals surface area contributed by atoms with Crippen molar-refractivity contribution in [2.75, 3.05) is 5.32 Å². The topological polar surface area (TPSA) is 68.0 Å². The fourth-order valence-corrected chi connectivity index (χ4v) is 2.58. The highest BCUT2D eigenvalue weighted by molar-refractivity contribution is 7.11. The maximum absolute atomic E-state index is 13.7. The van der Waals surface area contributed by atoms with Crippen molar-refractivity contribution in [2.24, 2.45) is 5.73 Å². The second-order valence-corrected chi connectivity index (χ2v) is 5.62. The zero-order chi connectivity index (χ0) is 14.7. The van der Waals surface area contributed by atoms with E-state index < -0.39 is 11.7 Å². The van der Waals surface area contributed by atoms with Crippen molar-refractivity contribution in [2.45, 2.75) is 26.8 Å². The minimum Gasteiger partial charge on any atom is -0.380 e. The minimum atomic E-state index is -0.641. The third-order valence-corrected chi connectivity index (χ3v) is 4.13. The number of hydrogen-bond acceptors (Lipinski definition) is 4. The van der Waals surface area contributed by atoms with Crippen LogP contribution in [-0.4, -0.2) is 10.9 Å². The second kappa shape index (κ2) is 6.00. The molecule has 0 bridgehead atoms. The predicted octanol–water partition coefficient (Wildman–Crippen LogP) is 2.86. The average Bonchev–Trinajstić information content (AvgIpc) is 2.88. The van der Waals surface area contributed by atoms with Crippen molar-refractivity contribution in [3.63, 3.8) is 0 Å². The fraction of sp³-hybridized carbons (Fsp3) is 0.286. The Labute approximate surface area is 120 Å². The zero-order valence-electron chi connectivity index (χ0n) is 11.4. The number of aryl methyl sites for hydroxylation is 1. The summed E-state index contributed by atoms with van der Waals surface area (Å²) in [6, 6.07) is 2.73. The Morgan fingerprint density at radius 1 is 1.50 bits per heavy atom.